The molecule has 0 aliphatic heterocycles. The zero-order valence-corrected chi connectivity index (χ0v) is 14.1. The Hall–Kier alpha value is 0.0600. The Morgan fingerprint density at radius 1 is 1.39 bits per heavy atom. The van der Waals surface area contributed by atoms with Gasteiger partial charge in [-0.05, 0) is 57.1 Å². The van der Waals surface area contributed by atoms with Crippen molar-refractivity contribution >= 4 is 54.8 Å². The highest BCUT2D eigenvalue weighted by molar-refractivity contribution is 9.13. The van der Waals surface area contributed by atoms with Crippen molar-refractivity contribution < 1.29 is 4.39 Å². The molecule has 0 aliphatic carbocycles. The highest BCUT2D eigenvalue weighted by atomic mass is 79.9. The molecular formula is C12H9Br2ClFNS. The van der Waals surface area contributed by atoms with Gasteiger partial charge in [-0.15, -0.1) is 11.3 Å². The van der Waals surface area contributed by atoms with Gasteiger partial charge in [-0.2, -0.15) is 0 Å². The number of hydrogen-bond donors (Lipinski definition) is 1. The van der Waals surface area contributed by atoms with E-state index < -0.39 is 0 Å². The van der Waals surface area contributed by atoms with Crippen molar-refractivity contribution in [3.05, 3.63) is 53.8 Å². The van der Waals surface area contributed by atoms with Crippen LogP contribution in [0.25, 0.3) is 0 Å². The lowest BCUT2D eigenvalue weighted by molar-refractivity contribution is 0.579. The fourth-order valence-corrected chi connectivity index (χ4v) is 4.20. The van der Waals surface area contributed by atoms with Crippen LogP contribution in [-0.2, 0) is 0 Å². The van der Waals surface area contributed by atoms with Crippen molar-refractivity contribution in [1.29, 1.82) is 0 Å². The Labute approximate surface area is 131 Å². The second-order valence-corrected chi connectivity index (χ2v) is 7.29. The summed E-state index contributed by atoms with van der Waals surface area (Å²) in [4.78, 5) is 0.989. The van der Waals surface area contributed by atoms with Gasteiger partial charge in [-0.3, -0.25) is 0 Å². The van der Waals surface area contributed by atoms with E-state index in [4.69, 9.17) is 11.6 Å². The van der Waals surface area contributed by atoms with Crippen LogP contribution in [0.3, 0.4) is 0 Å². The summed E-state index contributed by atoms with van der Waals surface area (Å²) in [6.45, 7) is 0. The number of thiophene rings is 1. The first-order valence-corrected chi connectivity index (χ1v) is 7.88. The van der Waals surface area contributed by atoms with Gasteiger partial charge < -0.3 is 5.32 Å². The van der Waals surface area contributed by atoms with Gasteiger partial charge in [0, 0.05) is 19.9 Å². The van der Waals surface area contributed by atoms with Crippen LogP contribution < -0.4 is 5.32 Å². The molecule has 2 rings (SSSR count). The van der Waals surface area contributed by atoms with E-state index in [0.717, 1.165) is 13.1 Å². The maximum Gasteiger partial charge on any atom is 0.129 e. The summed E-state index contributed by atoms with van der Waals surface area (Å²) < 4.78 is 15.9. The van der Waals surface area contributed by atoms with Gasteiger partial charge in [0.1, 0.15) is 5.82 Å². The molecule has 0 spiro atoms. The average Bonchev–Trinajstić information content (AvgIpc) is 2.64. The predicted octanol–water partition coefficient (Wildman–Crippen LogP) is 5.37. The topological polar surface area (TPSA) is 12.0 Å². The third-order valence-corrected chi connectivity index (χ3v) is 6.18. The van der Waals surface area contributed by atoms with E-state index in [9.17, 15) is 4.39 Å². The average molecular weight is 414 g/mol. The van der Waals surface area contributed by atoms with Crippen LogP contribution >= 0.6 is 54.8 Å². The molecule has 96 valence electrons. The fraction of sp³-hybridized carbons (Fsp3) is 0.167. The molecule has 1 N–H and O–H groups in total. The maximum atomic E-state index is 13.9. The van der Waals surface area contributed by atoms with Crippen molar-refractivity contribution in [3.63, 3.8) is 0 Å². The molecule has 0 radical (unpaired) electrons. The van der Waals surface area contributed by atoms with Crippen molar-refractivity contribution in [2.75, 3.05) is 7.05 Å². The Morgan fingerprint density at radius 3 is 2.61 bits per heavy atom. The monoisotopic (exact) mass is 411 g/mol. The Morgan fingerprint density at radius 2 is 2.11 bits per heavy atom. The smallest absolute Gasteiger partial charge is 0.129 e. The van der Waals surface area contributed by atoms with Crippen LogP contribution in [0.4, 0.5) is 4.39 Å². The van der Waals surface area contributed by atoms with E-state index in [1.54, 1.807) is 30.5 Å². The van der Waals surface area contributed by atoms with Crippen LogP contribution in [0.2, 0.25) is 5.02 Å². The van der Waals surface area contributed by atoms with E-state index in [-0.39, 0.29) is 11.9 Å². The zero-order valence-electron chi connectivity index (χ0n) is 9.31. The summed E-state index contributed by atoms with van der Waals surface area (Å²) in [7, 11) is 1.79. The predicted molar refractivity (Wildman–Crippen MR) is 82.0 cm³/mol. The van der Waals surface area contributed by atoms with Gasteiger partial charge in [0.25, 0.3) is 0 Å². The molecule has 1 aromatic heterocycles. The summed E-state index contributed by atoms with van der Waals surface area (Å²) in [5.41, 5.74) is 0.475. The molecule has 0 fully saturated rings. The third kappa shape index (κ3) is 2.80. The van der Waals surface area contributed by atoms with Crippen LogP contribution in [0, 0.1) is 5.82 Å². The quantitative estimate of drug-likeness (QED) is 0.713. The van der Waals surface area contributed by atoms with Gasteiger partial charge >= 0.3 is 0 Å². The second kappa shape index (κ2) is 6.01. The Bertz CT molecular complexity index is 533. The summed E-state index contributed by atoms with van der Waals surface area (Å²) in [6, 6.07) is 6.42. The van der Waals surface area contributed by atoms with Crippen molar-refractivity contribution in [2.45, 2.75) is 6.04 Å². The molecule has 1 aromatic carbocycles. The summed E-state index contributed by atoms with van der Waals surface area (Å²) in [5, 5.41) is 3.53. The number of rotatable bonds is 3. The van der Waals surface area contributed by atoms with Gasteiger partial charge in [-0.25, -0.2) is 4.39 Å². The lowest BCUT2D eigenvalue weighted by Crippen LogP contribution is -2.18. The molecule has 6 heteroatoms. The maximum absolute atomic E-state index is 13.9. The highest BCUT2D eigenvalue weighted by Gasteiger charge is 2.21. The number of nitrogens with one attached hydrogen (secondary N) is 1. The molecule has 2 aromatic rings. The molecule has 1 nitrogen and oxygen atoms in total. The molecule has 1 unspecified atom stereocenters. The van der Waals surface area contributed by atoms with Crippen LogP contribution in [0.5, 0.6) is 0 Å². The lowest BCUT2D eigenvalue weighted by atomic mass is 10.0. The van der Waals surface area contributed by atoms with Crippen LogP contribution in [-0.4, -0.2) is 7.05 Å². The van der Waals surface area contributed by atoms with E-state index in [2.05, 4.69) is 37.2 Å². The van der Waals surface area contributed by atoms with E-state index >= 15 is 0 Å². The van der Waals surface area contributed by atoms with E-state index in [1.807, 2.05) is 6.07 Å². The minimum absolute atomic E-state index is 0.258. The number of halogens is 4. The van der Waals surface area contributed by atoms with E-state index in [1.165, 1.54) is 6.07 Å². The number of benzene rings is 1. The first-order chi connectivity index (χ1) is 8.54. The Balaban J connectivity index is 2.52. The molecule has 0 saturated carbocycles. The normalized spacial score (nSPS) is 12.7. The van der Waals surface area contributed by atoms with Crippen molar-refractivity contribution in [3.8, 4) is 0 Å². The molecule has 0 amide bonds. The van der Waals surface area contributed by atoms with Crippen LogP contribution in [0.1, 0.15) is 16.5 Å². The lowest BCUT2D eigenvalue weighted by Gasteiger charge is -2.17. The van der Waals surface area contributed by atoms with Crippen LogP contribution in [0.15, 0.2) is 32.5 Å². The molecule has 0 bridgehead atoms. The minimum atomic E-state index is -0.303. The zero-order chi connectivity index (χ0) is 13.3. The standard InChI is InChI=1S/C12H9Br2ClFNS/c1-17-11(9-5-6(13)12(14)18-9)10-7(15)3-2-4-8(10)16/h2-5,11,17H,1H3. The first-order valence-electron chi connectivity index (χ1n) is 5.10. The SMILES string of the molecule is CNC(c1cc(Br)c(Br)s1)c1c(F)cccc1Cl. The number of hydrogen-bond acceptors (Lipinski definition) is 2. The second-order valence-electron chi connectivity index (χ2n) is 3.63. The first kappa shape index (κ1) is 14.5. The van der Waals surface area contributed by atoms with Crippen molar-refractivity contribution in [1.82, 2.24) is 5.32 Å². The third-order valence-electron chi connectivity index (χ3n) is 2.53. The summed E-state index contributed by atoms with van der Waals surface area (Å²) in [6.07, 6.45) is 0. The molecule has 0 saturated heterocycles. The fourth-order valence-electron chi connectivity index (χ4n) is 1.72. The highest BCUT2D eigenvalue weighted by Crippen LogP contribution is 2.39. The molecule has 1 atom stereocenters. The molecule has 18 heavy (non-hydrogen) atoms. The van der Waals surface area contributed by atoms with E-state index in [0.29, 0.717) is 10.6 Å². The van der Waals surface area contributed by atoms with Gasteiger partial charge in [0.2, 0.25) is 0 Å². The molecular weight excluding hydrogens is 404 g/mol. The Kier molecular flexibility index (Phi) is 4.83. The van der Waals surface area contributed by atoms with Crippen molar-refractivity contribution in [2.24, 2.45) is 0 Å². The summed E-state index contributed by atoms with van der Waals surface area (Å²) >= 11 is 14.5. The van der Waals surface area contributed by atoms with Gasteiger partial charge in [0.15, 0.2) is 0 Å². The largest absolute Gasteiger partial charge is 0.309 e. The molecule has 1 heterocycles. The molecule has 0 aliphatic rings. The minimum Gasteiger partial charge on any atom is -0.309 e. The van der Waals surface area contributed by atoms with Gasteiger partial charge in [-0.1, -0.05) is 17.7 Å². The van der Waals surface area contributed by atoms with Gasteiger partial charge in [0.05, 0.1) is 9.83 Å². The summed E-state index contributed by atoms with van der Waals surface area (Å²) in [5.74, 6) is -0.303.